The molecule has 2 atom stereocenters. The number of imide groups is 1. The van der Waals surface area contributed by atoms with Gasteiger partial charge in [-0.25, -0.2) is 4.79 Å². The molecule has 1 heterocycles. The first-order chi connectivity index (χ1) is 12.1. The van der Waals surface area contributed by atoms with Gasteiger partial charge < -0.3 is 15.0 Å². The van der Waals surface area contributed by atoms with E-state index < -0.39 is 36.1 Å². The van der Waals surface area contributed by atoms with Gasteiger partial charge in [-0.15, -0.1) is 0 Å². The maximum absolute atomic E-state index is 12.7. The first-order valence-electron chi connectivity index (χ1n) is 8.18. The van der Waals surface area contributed by atoms with Crippen LogP contribution in [-0.4, -0.2) is 60.4 Å². The molecule has 0 aliphatic carbocycles. The maximum atomic E-state index is 12.7. The number of nitrogens with one attached hydrogen (secondary N) is 1. The fourth-order valence-corrected chi connectivity index (χ4v) is 2.70. The molecule has 4 amide bonds. The van der Waals surface area contributed by atoms with Crippen LogP contribution in [0.15, 0.2) is 24.3 Å². The van der Waals surface area contributed by atoms with E-state index in [4.69, 9.17) is 4.74 Å². The second kappa shape index (κ2) is 7.15. The fraction of sp³-hybridized carbons (Fsp3) is 0.444. The van der Waals surface area contributed by atoms with Crippen LogP contribution in [0.4, 0.5) is 4.79 Å². The highest BCUT2D eigenvalue weighted by atomic mass is 16.5. The van der Waals surface area contributed by atoms with E-state index in [0.717, 1.165) is 10.5 Å². The van der Waals surface area contributed by atoms with Crippen molar-refractivity contribution >= 4 is 23.8 Å². The first-order valence-corrected chi connectivity index (χ1v) is 8.18. The number of ether oxygens (including phenoxy) is 1. The van der Waals surface area contributed by atoms with Gasteiger partial charge in [-0.2, -0.15) is 0 Å². The van der Waals surface area contributed by atoms with Gasteiger partial charge in [0.1, 0.15) is 12.1 Å². The van der Waals surface area contributed by atoms with Crippen LogP contribution in [0, 0.1) is 6.92 Å². The van der Waals surface area contributed by atoms with E-state index in [-0.39, 0.29) is 5.91 Å². The molecule has 1 saturated heterocycles. The third-order valence-electron chi connectivity index (χ3n) is 4.29. The molecule has 1 aliphatic rings. The summed E-state index contributed by atoms with van der Waals surface area (Å²) in [6, 6.07) is 6.51. The summed E-state index contributed by atoms with van der Waals surface area (Å²) in [4.78, 5) is 50.9. The SMILES string of the molecule is Cc1ccc([C@]2(C)NC(=O)N(CC(=O)O[C@H](C)C(=O)N(C)C)C2=O)cc1. The minimum Gasteiger partial charge on any atom is -0.451 e. The van der Waals surface area contributed by atoms with Crippen LogP contribution < -0.4 is 5.32 Å². The highest BCUT2D eigenvalue weighted by Gasteiger charge is 2.49. The summed E-state index contributed by atoms with van der Waals surface area (Å²) in [6.45, 7) is 4.38. The van der Waals surface area contributed by atoms with E-state index >= 15 is 0 Å². The van der Waals surface area contributed by atoms with E-state index in [9.17, 15) is 19.2 Å². The van der Waals surface area contributed by atoms with Crippen molar-refractivity contribution < 1.29 is 23.9 Å². The minimum absolute atomic E-state index is 0.389. The van der Waals surface area contributed by atoms with Crippen LogP contribution in [0.25, 0.3) is 0 Å². The van der Waals surface area contributed by atoms with Crippen LogP contribution in [0.1, 0.15) is 25.0 Å². The van der Waals surface area contributed by atoms with Crippen molar-refractivity contribution in [2.24, 2.45) is 0 Å². The molecule has 140 valence electrons. The number of likely N-dealkylation sites (N-methyl/N-ethyl adjacent to an activating group) is 1. The number of rotatable bonds is 5. The minimum atomic E-state index is -1.25. The summed E-state index contributed by atoms with van der Waals surface area (Å²) in [6.07, 6.45) is -0.998. The number of urea groups is 1. The Morgan fingerprint density at radius 2 is 1.81 bits per heavy atom. The van der Waals surface area contributed by atoms with Gasteiger partial charge in [-0.05, 0) is 26.3 Å². The number of carbonyl (C=O) groups is 4. The van der Waals surface area contributed by atoms with Crippen LogP contribution in [0.2, 0.25) is 0 Å². The van der Waals surface area contributed by atoms with Crippen LogP contribution in [0.3, 0.4) is 0 Å². The van der Waals surface area contributed by atoms with E-state index in [2.05, 4.69) is 5.32 Å². The summed E-state index contributed by atoms with van der Waals surface area (Å²) in [7, 11) is 3.08. The number of benzene rings is 1. The van der Waals surface area contributed by atoms with Crippen LogP contribution >= 0.6 is 0 Å². The number of esters is 1. The standard InChI is InChI=1S/C18H23N3O5/c1-11-6-8-13(9-7-11)18(3)16(24)21(17(25)19-18)10-14(22)26-12(2)15(23)20(4)5/h6-9,12H,10H2,1-5H3,(H,19,25)/t12-,18+/m1/s1. The van der Waals surface area contributed by atoms with E-state index in [1.807, 2.05) is 19.1 Å². The number of hydrogen-bond acceptors (Lipinski definition) is 5. The molecule has 26 heavy (non-hydrogen) atoms. The van der Waals surface area contributed by atoms with Crippen molar-refractivity contribution in [3.05, 3.63) is 35.4 Å². The molecule has 8 heteroatoms. The predicted molar refractivity (Wildman–Crippen MR) is 93.0 cm³/mol. The molecule has 0 aromatic heterocycles. The van der Waals surface area contributed by atoms with Gasteiger partial charge in [0, 0.05) is 14.1 Å². The molecule has 0 spiro atoms. The second-order valence-electron chi connectivity index (χ2n) is 6.68. The molecule has 0 bridgehead atoms. The van der Waals surface area contributed by atoms with Crippen molar-refractivity contribution in [3.63, 3.8) is 0 Å². The molecular weight excluding hydrogens is 338 g/mol. The van der Waals surface area contributed by atoms with Gasteiger partial charge in [0.15, 0.2) is 6.10 Å². The van der Waals surface area contributed by atoms with E-state index in [0.29, 0.717) is 5.56 Å². The largest absolute Gasteiger partial charge is 0.451 e. The average Bonchev–Trinajstić information content (AvgIpc) is 2.78. The molecular formula is C18H23N3O5. The second-order valence-corrected chi connectivity index (χ2v) is 6.68. The Morgan fingerprint density at radius 1 is 1.23 bits per heavy atom. The van der Waals surface area contributed by atoms with Crippen LogP contribution in [0.5, 0.6) is 0 Å². The highest BCUT2D eigenvalue weighted by Crippen LogP contribution is 2.28. The van der Waals surface area contributed by atoms with Gasteiger partial charge in [0.25, 0.3) is 11.8 Å². The predicted octanol–water partition coefficient (Wildman–Crippen LogP) is 0.782. The Morgan fingerprint density at radius 3 is 2.35 bits per heavy atom. The maximum Gasteiger partial charge on any atom is 0.327 e. The lowest BCUT2D eigenvalue weighted by Crippen LogP contribution is -2.42. The quantitative estimate of drug-likeness (QED) is 0.618. The lowest BCUT2D eigenvalue weighted by atomic mass is 9.91. The zero-order valence-electron chi connectivity index (χ0n) is 15.5. The summed E-state index contributed by atoms with van der Waals surface area (Å²) in [5.41, 5.74) is 0.387. The number of carbonyl (C=O) groups excluding carboxylic acids is 4. The van der Waals surface area contributed by atoms with Crippen molar-refractivity contribution in [1.29, 1.82) is 0 Å². The Hall–Kier alpha value is -2.90. The molecule has 0 unspecified atom stereocenters. The Kier molecular flexibility index (Phi) is 5.34. The third kappa shape index (κ3) is 3.68. The van der Waals surface area contributed by atoms with Crippen molar-refractivity contribution in [2.75, 3.05) is 20.6 Å². The topological polar surface area (TPSA) is 96.0 Å². The molecule has 0 radical (unpaired) electrons. The molecule has 0 saturated carbocycles. The zero-order valence-corrected chi connectivity index (χ0v) is 15.5. The monoisotopic (exact) mass is 361 g/mol. The Bertz CT molecular complexity index is 744. The Labute approximate surface area is 152 Å². The first kappa shape index (κ1) is 19.4. The summed E-state index contributed by atoms with van der Waals surface area (Å²) in [5.74, 6) is -1.76. The lowest BCUT2D eigenvalue weighted by molar-refractivity contribution is -0.159. The van der Waals surface area contributed by atoms with Crippen LogP contribution in [-0.2, 0) is 24.7 Å². The lowest BCUT2D eigenvalue weighted by Gasteiger charge is -2.22. The third-order valence-corrected chi connectivity index (χ3v) is 4.29. The van der Waals surface area contributed by atoms with Gasteiger partial charge in [-0.1, -0.05) is 29.8 Å². The molecule has 8 nitrogen and oxygen atoms in total. The summed E-state index contributed by atoms with van der Waals surface area (Å²) >= 11 is 0. The summed E-state index contributed by atoms with van der Waals surface area (Å²) < 4.78 is 5.02. The Balaban J connectivity index is 2.10. The molecule has 2 rings (SSSR count). The fourth-order valence-electron chi connectivity index (χ4n) is 2.70. The normalized spacial score (nSPS) is 20.6. The van der Waals surface area contributed by atoms with Crippen molar-refractivity contribution in [3.8, 4) is 0 Å². The van der Waals surface area contributed by atoms with Gasteiger partial charge in [0.2, 0.25) is 0 Å². The number of hydrogen-bond donors (Lipinski definition) is 1. The number of aryl methyl sites for hydroxylation is 1. The molecule has 1 aromatic carbocycles. The van der Waals surface area contributed by atoms with E-state index in [1.165, 1.54) is 25.9 Å². The molecule has 1 fully saturated rings. The smallest absolute Gasteiger partial charge is 0.327 e. The van der Waals surface area contributed by atoms with Crippen molar-refractivity contribution in [2.45, 2.75) is 32.4 Å². The van der Waals surface area contributed by atoms with Gasteiger partial charge >= 0.3 is 12.0 Å². The van der Waals surface area contributed by atoms with Crippen molar-refractivity contribution in [1.82, 2.24) is 15.1 Å². The average molecular weight is 361 g/mol. The molecule has 1 aliphatic heterocycles. The van der Waals surface area contributed by atoms with Gasteiger partial charge in [-0.3, -0.25) is 19.3 Å². The van der Waals surface area contributed by atoms with Gasteiger partial charge in [0.05, 0.1) is 0 Å². The number of nitrogens with zero attached hydrogens (tertiary/aromatic N) is 2. The molecule has 1 N–H and O–H groups in total. The summed E-state index contributed by atoms with van der Waals surface area (Å²) in [5, 5.41) is 2.62. The zero-order chi connectivity index (χ0) is 19.6. The van der Waals surface area contributed by atoms with E-state index in [1.54, 1.807) is 19.1 Å². The highest BCUT2D eigenvalue weighted by molar-refractivity contribution is 6.08. The number of amides is 4. The molecule has 1 aromatic rings.